The monoisotopic (exact) mass is 335 g/mol. The number of likely N-dealkylation sites (tertiary alicyclic amines) is 1. The zero-order chi connectivity index (χ0) is 17.5. The highest BCUT2D eigenvalue weighted by molar-refractivity contribution is 5.80. The fourth-order valence-electron chi connectivity index (χ4n) is 2.93. The van der Waals surface area contributed by atoms with E-state index in [9.17, 15) is 4.79 Å². The molecule has 1 aliphatic rings. The summed E-state index contributed by atoms with van der Waals surface area (Å²) in [5.74, 6) is 1.89. The maximum atomic E-state index is 11.8. The van der Waals surface area contributed by atoms with E-state index in [1.165, 1.54) is 0 Å². The molecule has 1 aliphatic heterocycles. The van der Waals surface area contributed by atoms with Crippen LogP contribution in [0.5, 0.6) is 0 Å². The summed E-state index contributed by atoms with van der Waals surface area (Å²) in [5, 5.41) is 6.77. The highest BCUT2D eigenvalue weighted by Gasteiger charge is 2.26. The van der Waals surface area contributed by atoms with Crippen molar-refractivity contribution in [1.29, 1.82) is 0 Å². The maximum absolute atomic E-state index is 11.8. The standard InChI is InChI=1S/C17H29N5O2/c1-5-16(23)22-9-8-13(12-22)20-17(18-2)19-11-14(21(3)4)15-7-6-10-24-15/h6-7,10,13-14H,5,8-9,11-12H2,1-4H3,(H2,18,19,20). The molecule has 0 saturated carbocycles. The van der Waals surface area contributed by atoms with E-state index in [2.05, 4.69) is 20.5 Å². The molecule has 7 heteroatoms. The summed E-state index contributed by atoms with van der Waals surface area (Å²) in [6, 6.07) is 4.25. The minimum atomic E-state index is 0.125. The number of guanidine groups is 1. The first-order valence-electron chi connectivity index (χ1n) is 8.50. The molecular formula is C17H29N5O2. The van der Waals surface area contributed by atoms with Gasteiger partial charge in [-0.25, -0.2) is 0 Å². The van der Waals surface area contributed by atoms with Crippen LogP contribution in [0.4, 0.5) is 0 Å². The van der Waals surface area contributed by atoms with E-state index >= 15 is 0 Å². The maximum Gasteiger partial charge on any atom is 0.222 e. The Labute approximate surface area is 144 Å². The number of aliphatic imine (C=N–C) groups is 1. The number of carbonyl (C=O) groups is 1. The number of hydrogen-bond donors (Lipinski definition) is 2. The molecule has 2 atom stereocenters. The number of rotatable bonds is 6. The van der Waals surface area contributed by atoms with Gasteiger partial charge in [-0.1, -0.05) is 6.92 Å². The molecule has 134 valence electrons. The van der Waals surface area contributed by atoms with Crippen molar-refractivity contribution < 1.29 is 9.21 Å². The summed E-state index contributed by atoms with van der Waals surface area (Å²) < 4.78 is 5.52. The van der Waals surface area contributed by atoms with E-state index < -0.39 is 0 Å². The lowest BCUT2D eigenvalue weighted by atomic mass is 10.2. The molecule has 2 N–H and O–H groups in total. The first-order valence-corrected chi connectivity index (χ1v) is 8.50. The summed E-state index contributed by atoms with van der Waals surface area (Å²) in [7, 11) is 5.81. The van der Waals surface area contributed by atoms with Crippen molar-refractivity contribution in [2.75, 3.05) is 40.8 Å². The fourth-order valence-corrected chi connectivity index (χ4v) is 2.93. The van der Waals surface area contributed by atoms with E-state index in [0.717, 1.165) is 31.2 Å². The van der Waals surface area contributed by atoms with Gasteiger partial charge in [0, 0.05) is 39.1 Å². The zero-order valence-corrected chi connectivity index (χ0v) is 15.1. The Morgan fingerprint density at radius 3 is 2.92 bits per heavy atom. The van der Waals surface area contributed by atoms with Gasteiger partial charge in [0.25, 0.3) is 0 Å². The third kappa shape index (κ3) is 4.74. The quantitative estimate of drug-likeness (QED) is 0.601. The molecule has 24 heavy (non-hydrogen) atoms. The summed E-state index contributed by atoms with van der Waals surface area (Å²) in [4.78, 5) is 20.1. The number of amides is 1. The Kier molecular flexibility index (Phi) is 6.66. The number of nitrogens with one attached hydrogen (secondary N) is 2. The first-order chi connectivity index (χ1) is 11.5. The van der Waals surface area contributed by atoms with Crippen LogP contribution in [0.3, 0.4) is 0 Å². The van der Waals surface area contributed by atoms with Crippen LogP contribution >= 0.6 is 0 Å². The summed E-state index contributed by atoms with van der Waals surface area (Å²) >= 11 is 0. The molecule has 1 saturated heterocycles. The summed E-state index contributed by atoms with van der Waals surface area (Å²) in [5.41, 5.74) is 0. The predicted molar refractivity (Wildman–Crippen MR) is 94.9 cm³/mol. The lowest BCUT2D eigenvalue weighted by Crippen LogP contribution is -2.47. The van der Waals surface area contributed by atoms with Crippen molar-refractivity contribution in [3.8, 4) is 0 Å². The minimum absolute atomic E-state index is 0.125. The smallest absolute Gasteiger partial charge is 0.222 e. The molecule has 0 aliphatic carbocycles. The van der Waals surface area contributed by atoms with Gasteiger partial charge >= 0.3 is 0 Å². The zero-order valence-electron chi connectivity index (χ0n) is 15.1. The molecule has 0 bridgehead atoms. The Bertz CT molecular complexity index is 541. The van der Waals surface area contributed by atoms with E-state index in [1.807, 2.05) is 38.1 Å². The molecule has 1 amide bonds. The number of furan rings is 1. The van der Waals surface area contributed by atoms with Crippen molar-refractivity contribution in [2.24, 2.45) is 4.99 Å². The molecule has 7 nitrogen and oxygen atoms in total. The Hall–Kier alpha value is -2.02. The molecule has 2 heterocycles. The van der Waals surface area contributed by atoms with Gasteiger partial charge in [-0.05, 0) is 32.6 Å². The van der Waals surface area contributed by atoms with Crippen molar-refractivity contribution in [2.45, 2.75) is 31.8 Å². The van der Waals surface area contributed by atoms with Crippen LogP contribution < -0.4 is 10.6 Å². The number of nitrogens with zero attached hydrogens (tertiary/aromatic N) is 3. The molecular weight excluding hydrogens is 306 g/mol. The molecule has 1 aromatic rings. The topological polar surface area (TPSA) is 73.1 Å². The van der Waals surface area contributed by atoms with Gasteiger partial charge in [-0.2, -0.15) is 0 Å². The predicted octanol–water partition coefficient (Wildman–Crippen LogP) is 1.06. The van der Waals surface area contributed by atoms with Crippen LogP contribution in [0.2, 0.25) is 0 Å². The van der Waals surface area contributed by atoms with Crippen molar-refractivity contribution >= 4 is 11.9 Å². The van der Waals surface area contributed by atoms with Crippen molar-refractivity contribution in [1.82, 2.24) is 20.4 Å². The average molecular weight is 335 g/mol. The van der Waals surface area contributed by atoms with Crippen molar-refractivity contribution in [3.63, 3.8) is 0 Å². The first kappa shape index (κ1) is 18.3. The number of carbonyl (C=O) groups excluding carboxylic acids is 1. The van der Waals surface area contributed by atoms with Gasteiger partial charge in [-0.15, -0.1) is 0 Å². The molecule has 0 spiro atoms. The SMILES string of the molecule is CCC(=O)N1CCC(NC(=NC)NCC(c2ccco2)N(C)C)C1. The number of hydrogen-bond acceptors (Lipinski definition) is 4. The van der Waals surface area contributed by atoms with Crippen LogP contribution in [-0.4, -0.2) is 68.5 Å². The van der Waals surface area contributed by atoms with Crippen molar-refractivity contribution in [3.05, 3.63) is 24.2 Å². The summed E-state index contributed by atoms with van der Waals surface area (Å²) in [6.07, 6.45) is 3.20. The fraction of sp³-hybridized carbons (Fsp3) is 0.647. The molecule has 1 aromatic heterocycles. The van der Waals surface area contributed by atoms with Gasteiger partial charge in [-0.3, -0.25) is 14.7 Å². The second-order valence-electron chi connectivity index (χ2n) is 6.27. The third-order valence-corrected chi connectivity index (χ3v) is 4.37. The van der Waals surface area contributed by atoms with Crippen LogP contribution in [0.1, 0.15) is 31.6 Å². The molecule has 2 rings (SSSR count). The Morgan fingerprint density at radius 2 is 2.33 bits per heavy atom. The minimum Gasteiger partial charge on any atom is -0.468 e. The van der Waals surface area contributed by atoms with Gasteiger partial charge in [0.05, 0.1) is 12.3 Å². The van der Waals surface area contributed by atoms with Gasteiger partial charge in [0.15, 0.2) is 5.96 Å². The second-order valence-corrected chi connectivity index (χ2v) is 6.27. The van der Waals surface area contributed by atoms with Gasteiger partial charge in [0.1, 0.15) is 5.76 Å². The lowest BCUT2D eigenvalue weighted by Gasteiger charge is -2.24. The Balaban J connectivity index is 1.85. The molecule has 0 aromatic carbocycles. The molecule has 0 radical (unpaired) electrons. The molecule has 2 unspecified atom stereocenters. The van der Waals surface area contributed by atoms with E-state index in [1.54, 1.807) is 13.3 Å². The van der Waals surface area contributed by atoms with Crippen LogP contribution in [-0.2, 0) is 4.79 Å². The van der Waals surface area contributed by atoms with E-state index in [4.69, 9.17) is 4.42 Å². The van der Waals surface area contributed by atoms with E-state index in [-0.39, 0.29) is 18.0 Å². The van der Waals surface area contributed by atoms with Crippen LogP contribution in [0.25, 0.3) is 0 Å². The average Bonchev–Trinajstić information content (AvgIpc) is 3.24. The lowest BCUT2D eigenvalue weighted by molar-refractivity contribution is -0.129. The van der Waals surface area contributed by atoms with Crippen LogP contribution in [0, 0.1) is 0 Å². The van der Waals surface area contributed by atoms with E-state index in [0.29, 0.717) is 13.0 Å². The third-order valence-electron chi connectivity index (χ3n) is 4.37. The highest BCUT2D eigenvalue weighted by Crippen LogP contribution is 2.17. The molecule has 1 fully saturated rings. The van der Waals surface area contributed by atoms with Gasteiger partial charge < -0.3 is 20.0 Å². The second kappa shape index (κ2) is 8.73. The summed E-state index contributed by atoms with van der Waals surface area (Å²) in [6.45, 7) is 4.14. The van der Waals surface area contributed by atoms with Gasteiger partial charge in [0.2, 0.25) is 5.91 Å². The van der Waals surface area contributed by atoms with Crippen LogP contribution in [0.15, 0.2) is 27.8 Å². The Morgan fingerprint density at radius 1 is 1.54 bits per heavy atom. The number of likely N-dealkylation sites (N-methyl/N-ethyl adjacent to an activating group) is 1. The highest BCUT2D eigenvalue weighted by atomic mass is 16.3. The normalized spacial score (nSPS) is 19.6. The largest absolute Gasteiger partial charge is 0.468 e.